The van der Waals surface area contributed by atoms with Crippen LogP contribution in [0.25, 0.3) is 10.9 Å². The predicted molar refractivity (Wildman–Crippen MR) is 63.4 cm³/mol. The number of rotatable bonds is 1. The lowest BCUT2D eigenvalue weighted by molar-refractivity contribution is 0.257. The van der Waals surface area contributed by atoms with Crippen molar-refractivity contribution in [3.8, 4) is 5.75 Å². The Labute approximate surface area is 95.4 Å². The summed E-state index contributed by atoms with van der Waals surface area (Å²) in [6.07, 6.45) is 0.947. The van der Waals surface area contributed by atoms with Crippen LogP contribution in [0.2, 0.25) is 0 Å². The van der Waals surface area contributed by atoms with Crippen LogP contribution in [0.5, 0.6) is 5.75 Å². The van der Waals surface area contributed by atoms with Crippen LogP contribution in [0.4, 0.5) is 4.79 Å². The van der Waals surface area contributed by atoms with E-state index in [0.29, 0.717) is 10.9 Å². The largest absolute Gasteiger partial charge is 0.506 e. The lowest BCUT2D eigenvalue weighted by atomic mass is 10.1. The number of aromatic hydroxyl groups is 1. The van der Waals surface area contributed by atoms with Crippen LogP contribution in [0.15, 0.2) is 34.1 Å². The highest BCUT2D eigenvalue weighted by Gasteiger charge is 2.09. The van der Waals surface area contributed by atoms with Crippen LogP contribution >= 0.6 is 0 Å². The Morgan fingerprint density at radius 2 is 2.12 bits per heavy atom. The summed E-state index contributed by atoms with van der Waals surface area (Å²) in [6.45, 7) is 0. The number of primary amides is 1. The number of aromatic amines is 1. The zero-order valence-electron chi connectivity index (χ0n) is 8.68. The van der Waals surface area contributed by atoms with Gasteiger partial charge in [0.25, 0.3) is 5.56 Å². The van der Waals surface area contributed by atoms with Gasteiger partial charge in [-0.15, -0.1) is 0 Å². The molecule has 0 aliphatic rings. The Hall–Kier alpha value is -2.63. The van der Waals surface area contributed by atoms with Gasteiger partial charge in [0.1, 0.15) is 11.3 Å². The third-order valence-corrected chi connectivity index (χ3v) is 2.25. The number of H-pyrrole nitrogens is 1. The quantitative estimate of drug-likeness (QED) is 0.629. The van der Waals surface area contributed by atoms with E-state index in [1.165, 1.54) is 0 Å². The summed E-state index contributed by atoms with van der Waals surface area (Å²) in [5.74, 6) is -0.227. The first-order valence-electron chi connectivity index (χ1n) is 4.77. The van der Waals surface area contributed by atoms with Crippen molar-refractivity contribution in [1.29, 1.82) is 0 Å². The monoisotopic (exact) mass is 231 g/mol. The molecule has 6 heteroatoms. The molecule has 0 unspecified atom stereocenters. The van der Waals surface area contributed by atoms with Crippen LogP contribution in [0.3, 0.4) is 0 Å². The number of fused-ring (bicyclic) bond motifs is 1. The summed E-state index contributed by atoms with van der Waals surface area (Å²) in [5.41, 5.74) is 4.70. The molecular weight excluding hydrogens is 222 g/mol. The van der Waals surface area contributed by atoms with Gasteiger partial charge in [0.2, 0.25) is 0 Å². The number of nitrogens with one attached hydrogen (secondary N) is 1. The molecule has 0 aliphatic heterocycles. The molecule has 0 saturated heterocycles. The number of aliphatic imine (C=N–C) groups is 1. The first-order chi connectivity index (χ1) is 8.09. The van der Waals surface area contributed by atoms with Crippen molar-refractivity contribution < 1.29 is 9.90 Å². The van der Waals surface area contributed by atoms with E-state index in [-0.39, 0.29) is 11.3 Å². The van der Waals surface area contributed by atoms with Crippen LogP contribution in [0.1, 0.15) is 5.56 Å². The molecule has 1 heterocycles. The van der Waals surface area contributed by atoms with Gasteiger partial charge in [0.15, 0.2) is 0 Å². The SMILES string of the molecule is NC(=O)/N=C/c1c(O)c2ccccc2[nH]c1=O. The van der Waals surface area contributed by atoms with Crippen LogP contribution in [0, 0.1) is 0 Å². The zero-order valence-corrected chi connectivity index (χ0v) is 8.68. The van der Waals surface area contributed by atoms with Crippen molar-refractivity contribution in [1.82, 2.24) is 4.98 Å². The number of hydrogen-bond donors (Lipinski definition) is 3. The Kier molecular flexibility index (Phi) is 2.61. The van der Waals surface area contributed by atoms with Gasteiger partial charge in [0.05, 0.1) is 5.52 Å². The summed E-state index contributed by atoms with van der Waals surface area (Å²) < 4.78 is 0. The molecule has 4 N–H and O–H groups in total. The number of aromatic nitrogens is 1. The number of urea groups is 1. The van der Waals surface area contributed by atoms with Crippen molar-refractivity contribution in [3.63, 3.8) is 0 Å². The third-order valence-electron chi connectivity index (χ3n) is 2.25. The van der Waals surface area contributed by atoms with Gasteiger partial charge in [-0.3, -0.25) is 4.79 Å². The van der Waals surface area contributed by atoms with Gasteiger partial charge in [-0.1, -0.05) is 12.1 Å². The molecule has 1 aromatic heterocycles. The lowest BCUT2D eigenvalue weighted by Gasteiger charge is -2.02. The van der Waals surface area contributed by atoms with E-state index >= 15 is 0 Å². The number of nitrogens with zero attached hydrogens (tertiary/aromatic N) is 1. The summed E-state index contributed by atoms with van der Waals surface area (Å²) in [5, 5.41) is 10.4. The van der Waals surface area contributed by atoms with Crippen molar-refractivity contribution in [2.24, 2.45) is 10.7 Å². The summed E-state index contributed by atoms with van der Waals surface area (Å²) in [4.78, 5) is 27.9. The highest BCUT2D eigenvalue weighted by molar-refractivity contribution is 5.97. The molecule has 2 aromatic rings. The van der Waals surface area contributed by atoms with Gasteiger partial charge in [0, 0.05) is 11.6 Å². The Morgan fingerprint density at radius 3 is 2.82 bits per heavy atom. The number of carbonyl (C=O) groups is 1. The fourth-order valence-corrected chi connectivity index (χ4v) is 1.49. The number of pyridine rings is 1. The summed E-state index contributed by atoms with van der Waals surface area (Å²) >= 11 is 0. The van der Waals surface area contributed by atoms with E-state index < -0.39 is 11.6 Å². The van der Waals surface area contributed by atoms with Crippen LogP contribution < -0.4 is 11.3 Å². The second-order valence-electron chi connectivity index (χ2n) is 3.36. The minimum atomic E-state index is -0.933. The maximum absolute atomic E-state index is 11.6. The average Bonchev–Trinajstić information content (AvgIpc) is 2.28. The second kappa shape index (κ2) is 4.09. The normalized spacial score (nSPS) is 11.1. The second-order valence-corrected chi connectivity index (χ2v) is 3.36. The van der Waals surface area contributed by atoms with Crippen molar-refractivity contribution in [2.75, 3.05) is 0 Å². The van der Waals surface area contributed by atoms with Crippen molar-refractivity contribution in [3.05, 3.63) is 40.2 Å². The Morgan fingerprint density at radius 1 is 1.41 bits per heavy atom. The predicted octanol–water partition coefficient (Wildman–Crippen LogP) is 0.731. The Bertz CT molecular complexity index is 673. The zero-order chi connectivity index (χ0) is 12.4. The smallest absolute Gasteiger partial charge is 0.338 e. The number of para-hydroxylation sites is 1. The van der Waals surface area contributed by atoms with Crippen LogP contribution in [-0.2, 0) is 0 Å². The number of hydrogen-bond acceptors (Lipinski definition) is 3. The fraction of sp³-hybridized carbons (Fsp3) is 0. The topological polar surface area (TPSA) is 109 Å². The maximum atomic E-state index is 11.6. The van der Waals surface area contributed by atoms with E-state index in [9.17, 15) is 14.7 Å². The molecule has 0 aliphatic carbocycles. The molecule has 6 nitrogen and oxygen atoms in total. The van der Waals surface area contributed by atoms with Gasteiger partial charge in [-0.25, -0.2) is 9.79 Å². The molecule has 0 bridgehead atoms. The first-order valence-corrected chi connectivity index (χ1v) is 4.77. The van der Waals surface area contributed by atoms with Gasteiger partial charge >= 0.3 is 6.03 Å². The molecule has 86 valence electrons. The molecule has 1 aromatic carbocycles. The van der Waals surface area contributed by atoms with Gasteiger partial charge in [-0.2, -0.15) is 0 Å². The standard InChI is InChI=1S/C11H9N3O3/c12-11(17)13-5-7-9(15)6-3-1-2-4-8(6)14-10(7)16/h1-5H,(H2,12,17)(H2,14,15,16)/b13-5+. The third kappa shape index (κ3) is 2.00. The summed E-state index contributed by atoms with van der Waals surface area (Å²) in [7, 11) is 0. The molecule has 0 saturated carbocycles. The van der Waals surface area contributed by atoms with Gasteiger partial charge < -0.3 is 15.8 Å². The van der Waals surface area contributed by atoms with Crippen molar-refractivity contribution in [2.45, 2.75) is 0 Å². The van der Waals surface area contributed by atoms with E-state index in [0.717, 1.165) is 6.21 Å². The van der Waals surface area contributed by atoms with E-state index in [1.54, 1.807) is 24.3 Å². The summed E-state index contributed by atoms with van der Waals surface area (Å²) in [6, 6.07) is 5.81. The van der Waals surface area contributed by atoms with Crippen LogP contribution in [-0.4, -0.2) is 22.3 Å². The van der Waals surface area contributed by atoms with E-state index in [4.69, 9.17) is 5.73 Å². The van der Waals surface area contributed by atoms with E-state index in [2.05, 4.69) is 9.98 Å². The number of carbonyl (C=O) groups excluding carboxylic acids is 1. The lowest BCUT2D eigenvalue weighted by Crippen LogP contribution is -2.14. The number of amides is 2. The highest BCUT2D eigenvalue weighted by Crippen LogP contribution is 2.23. The minimum absolute atomic E-state index is 0.0949. The Balaban J connectivity index is 2.72. The van der Waals surface area contributed by atoms with E-state index in [1.807, 2.05) is 0 Å². The molecule has 2 amide bonds. The molecule has 17 heavy (non-hydrogen) atoms. The molecule has 2 rings (SSSR count). The fourth-order valence-electron chi connectivity index (χ4n) is 1.49. The van der Waals surface area contributed by atoms with Gasteiger partial charge in [-0.05, 0) is 12.1 Å². The number of nitrogens with two attached hydrogens (primary N) is 1. The molecule has 0 radical (unpaired) electrons. The minimum Gasteiger partial charge on any atom is -0.506 e. The molecular formula is C11H9N3O3. The molecule has 0 spiro atoms. The number of benzene rings is 1. The van der Waals surface area contributed by atoms with Crippen molar-refractivity contribution >= 4 is 23.1 Å². The molecule has 0 atom stereocenters. The maximum Gasteiger partial charge on any atom is 0.338 e. The average molecular weight is 231 g/mol. The molecule has 0 fully saturated rings. The highest BCUT2D eigenvalue weighted by atomic mass is 16.3. The first kappa shape index (κ1) is 10.9.